The number of aromatic nitrogens is 3. The lowest BCUT2D eigenvalue weighted by Crippen LogP contribution is -2.01. The molecule has 1 aromatic carbocycles. The predicted octanol–water partition coefficient (Wildman–Crippen LogP) is 5.43. The lowest BCUT2D eigenvalue weighted by Gasteiger charge is -2.11. The van der Waals surface area contributed by atoms with Crippen molar-refractivity contribution in [1.29, 1.82) is 0 Å². The molecule has 3 nitrogen and oxygen atoms in total. The molecule has 21 heavy (non-hydrogen) atoms. The third kappa shape index (κ3) is 2.59. The Labute approximate surface area is 141 Å². The second kappa shape index (κ2) is 5.65. The van der Waals surface area contributed by atoms with Gasteiger partial charge < -0.3 is 0 Å². The van der Waals surface area contributed by atoms with Crippen LogP contribution in [0.25, 0.3) is 16.9 Å². The van der Waals surface area contributed by atoms with Gasteiger partial charge in [0.25, 0.3) is 0 Å². The number of hydrogen-bond donors (Lipinski definition) is 0. The number of imidazole rings is 1. The molecule has 0 atom stereocenters. The molecule has 0 aliphatic rings. The van der Waals surface area contributed by atoms with E-state index in [9.17, 15) is 0 Å². The van der Waals surface area contributed by atoms with Crippen molar-refractivity contribution in [3.8, 4) is 5.69 Å². The van der Waals surface area contributed by atoms with Crippen LogP contribution < -0.4 is 0 Å². The van der Waals surface area contributed by atoms with Gasteiger partial charge in [-0.1, -0.05) is 34.8 Å². The molecular formula is C14H9Cl4N3. The fourth-order valence-corrected chi connectivity index (χ4v) is 2.93. The average molecular weight is 361 g/mol. The molecule has 7 heteroatoms. The number of benzene rings is 1. The fraction of sp³-hybridized carbons (Fsp3) is 0.143. The van der Waals surface area contributed by atoms with Crippen molar-refractivity contribution in [2.45, 2.75) is 12.8 Å². The Hall–Kier alpha value is -1.00. The van der Waals surface area contributed by atoms with Crippen LogP contribution in [0.4, 0.5) is 0 Å². The summed E-state index contributed by atoms with van der Waals surface area (Å²) in [5.74, 6) is 0.846. The van der Waals surface area contributed by atoms with E-state index < -0.39 is 0 Å². The van der Waals surface area contributed by atoms with Crippen LogP contribution >= 0.6 is 46.4 Å². The maximum atomic E-state index is 6.35. The molecule has 0 saturated carbocycles. The Morgan fingerprint density at radius 2 is 1.86 bits per heavy atom. The Bertz CT molecular complexity index is 842. The number of aryl methyl sites for hydroxylation is 1. The summed E-state index contributed by atoms with van der Waals surface area (Å²) in [5, 5.41) is 1.69. The van der Waals surface area contributed by atoms with Gasteiger partial charge in [-0.3, -0.25) is 4.57 Å². The summed E-state index contributed by atoms with van der Waals surface area (Å²) in [7, 11) is 0. The van der Waals surface area contributed by atoms with Gasteiger partial charge in [0.1, 0.15) is 11.3 Å². The van der Waals surface area contributed by atoms with E-state index in [1.165, 1.54) is 0 Å². The third-order valence-corrected chi connectivity index (χ3v) is 4.28. The Morgan fingerprint density at radius 1 is 1.10 bits per heavy atom. The first-order chi connectivity index (χ1) is 10.0. The monoisotopic (exact) mass is 359 g/mol. The summed E-state index contributed by atoms with van der Waals surface area (Å²) in [6.45, 7) is 1.89. The van der Waals surface area contributed by atoms with Gasteiger partial charge >= 0.3 is 0 Å². The van der Waals surface area contributed by atoms with Crippen molar-refractivity contribution in [3.63, 3.8) is 0 Å². The van der Waals surface area contributed by atoms with Crippen molar-refractivity contribution in [2.24, 2.45) is 0 Å². The van der Waals surface area contributed by atoms with Crippen molar-refractivity contribution in [3.05, 3.63) is 50.9 Å². The van der Waals surface area contributed by atoms with Crippen LogP contribution in [0.2, 0.25) is 15.1 Å². The van der Waals surface area contributed by atoms with Crippen molar-refractivity contribution < 1.29 is 0 Å². The Kier molecular flexibility index (Phi) is 4.02. The number of nitrogens with zero attached hydrogens (tertiary/aromatic N) is 3. The highest BCUT2D eigenvalue weighted by molar-refractivity contribution is 6.35. The number of hydrogen-bond acceptors (Lipinski definition) is 2. The molecule has 0 fully saturated rings. The maximum Gasteiger partial charge on any atom is 0.164 e. The summed E-state index contributed by atoms with van der Waals surface area (Å²) in [4.78, 5) is 8.77. The van der Waals surface area contributed by atoms with Crippen LogP contribution in [0.1, 0.15) is 11.4 Å². The number of halogens is 4. The van der Waals surface area contributed by atoms with Gasteiger partial charge in [-0.15, -0.1) is 11.6 Å². The second-order valence-electron chi connectivity index (χ2n) is 4.55. The van der Waals surface area contributed by atoms with Gasteiger partial charge in [-0.2, -0.15) is 0 Å². The molecule has 0 N–H and O–H groups in total. The lowest BCUT2D eigenvalue weighted by molar-refractivity contribution is 0.969. The van der Waals surface area contributed by atoms with E-state index in [1.54, 1.807) is 29.0 Å². The average Bonchev–Trinajstić information content (AvgIpc) is 2.80. The lowest BCUT2D eigenvalue weighted by atomic mass is 10.2. The number of pyridine rings is 1. The maximum absolute atomic E-state index is 6.35. The largest absolute Gasteiger partial charge is 0.278 e. The van der Waals surface area contributed by atoms with E-state index in [0.717, 1.165) is 5.56 Å². The molecular weight excluding hydrogens is 352 g/mol. The van der Waals surface area contributed by atoms with Gasteiger partial charge in [-0.05, 0) is 30.7 Å². The zero-order valence-corrected chi connectivity index (χ0v) is 13.9. The van der Waals surface area contributed by atoms with Crippen molar-refractivity contribution in [2.75, 3.05) is 0 Å². The van der Waals surface area contributed by atoms with Crippen LogP contribution in [-0.2, 0) is 5.88 Å². The first-order valence-corrected chi connectivity index (χ1v) is 7.73. The quantitative estimate of drug-likeness (QED) is 0.570. The van der Waals surface area contributed by atoms with Crippen LogP contribution in [0, 0.1) is 6.92 Å². The summed E-state index contributed by atoms with van der Waals surface area (Å²) in [5.41, 5.74) is 2.89. The van der Waals surface area contributed by atoms with E-state index in [2.05, 4.69) is 9.97 Å². The molecule has 3 rings (SSSR count). The fourth-order valence-electron chi connectivity index (χ4n) is 2.14. The van der Waals surface area contributed by atoms with Crippen molar-refractivity contribution >= 4 is 57.6 Å². The van der Waals surface area contributed by atoms with E-state index >= 15 is 0 Å². The van der Waals surface area contributed by atoms with Gasteiger partial charge in [0.2, 0.25) is 0 Å². The minimum atomic E-state index is 0.218. The number of rotatable bonds is 2. The molecule has 0 unspecified atom stereocenters. The molecule has 2 heterocycles. The van der Waals surface area contributed by atoms with Crippen molar-refractivity contribution in [1.82, 2.24) is 14.5 Å². The van der Waals surface area contributed by atoms with Crippen LogP contribution in [0.5, 0.6) is 0 Å². The SMILES string of the molecule is Cc1cc(Cl)c(-n2c(CCl)nc3cc(Cl)cnc32)cc1Cl. The van der Waals surface area contributed by atoms with E-state index in [-0.39, 0.29) is 5.88 Å². The van der Waals surface area contributed by atoms with E-state index in [4.69, 9.17) is 46.4 Å². The minimum Gasteiger partial charge on any atom is -0.278 e. The van der Waals surface area contributed by atoms with Crippen LogP contribution in [0.15, 0.2) is 24.4 Å². The number of fused-ring (bicyclic) bond motifs is 1. The zero-order valence-electron chi connectivity index (χ0n) is 10.9. The molecule has 0 radical (unpaired) electrons. The minimum absolute atomic E-state index is 0.218. The standard InChI is InChI=1S/C14H9Cl4N3/c1-7-2-10(18)12(4-9(7)17)21-13(5-15)20-11-3-8(16)6-19-14(11)21/h2-4,6H,5H2,1H3. The van der Waals surface area contributed by atoms with Crippen LogP contribution in [0.3, 0.4) is 0 Å². The summed E-state index contributed by atoms with van der Waals surface area (Å²) in [6.07, 6.45) is 1.56. The molecule has 0 aliphatic heterocycles. The normalized spacial score (nSPS) is 11.3. The smallest absolute Gasteiger partial charge is 0.164 e. The Balaban J connectivity index is 2.36. The first-order valence-electron chi connectivity index (χ1n) is 6.06. The second-order valence-corrected chi connectivity index (χ2v) is 6.06. The van der Waals surface area contributed by atoms with Crippen LogP contribution in [-0.4, -0.2) is 14.5 Å². The molecule has 0 bridgehead atoms. The highest BCUT2D eigenvalue weighted by Gasteiger charge is 2.16. The van der Waals surface area contributed by atoms with Gasteiger partial charge in [0.15, 0.2) is 5.65 Å². The molecule has 0 aliphatic carbocycles. The molecule has 2 aromatic heterocycles. The first kappa shape index (κ1) is 14.9. The molecule has 0 saturated heterocycles. The molecule has 0 amide bonds. The van der Waals surface area contributed by atoms with E-state index in [0.29, 0.717) is 37.7 Å². The van der Waals surface area contributed by atoms with Gasteiger partial charge in [0, 0.05) is 11.2 Å². The summed E-state index contributed by atoms with van der Waals surface area (Å²) in [6, 6.07) is 5.33. The summed E-state index contributed by atoms with van der Waals surface area (Å²) >= 11 is 24.5. The third-order valence-electron chi connectivity index (χ3n) is 3.12. The highest BCUT2D eigenvalue weighted by atomic mass is 35.5. The van der Waals surface area contributed by atoms with E-state index in [1.807, 2.05) is 6.92 Å². The Morgan fingerprint density at radius 3 is 2.57 bits per heavy atom. The predicted molar refractivity (Wildman–Crippen MR) is 88.2 cm³/mol. The topological polar surface area (TPSA) is 30.7 Å². The summed E-state index contributed by atoms with van der Waals surface area (Å²) < 4.78 is 1.80. The van der Waals surface area contributed by atoms with Gasteiger partial charge in [-0.25, -0.2) is 9.97 Å². The molecule has 0 spiro atoms. The zero-order chi connectivity index (χ0) is 15.1. The molecule has 108 valence electrons. The van der Waals surface area contributed by atoms with Gasteiger partial charge in [0.05, 0.1) is 21.6 Å². The number of alkyl halides is 1. The highest BCUT2D eigenvalue weighted by Crippen LogP contribution is 2.31. The molecule has 3 aromatic rings.